The fourth-order valence-corrected chi connectivity index (χ4v) is 5.68. The van der Waals surface area contributed by atoms with Gasteiger partial charge in [0.05, 0.1) is 17.1 Å². The minimum atomic E-state index is -4.75. The molecule has 1 saturated heterocycles. The summed E-state index contributed by atoms with van der Waals surface area (Å²) in [7, 11) is 0. The summed E-state index contributed by atoms with van der Waals surface area (Å²) in [5.74, 6) is 0.660. The van der Waals surface area contributed by atoms with Gasteiger partial charge >= 0.3 is 6.36 Å². The molecule has 0 aliphatic carbocycles. The van der Waals surface area contributed by atoms with Crippen LogP contribution in [-0.4, -0.2) is 49.6 Å². The fraction of sp³-hybridized carbons (Fsp3) is 0.219. The SMILES string of the molecule is Cc1ccc(C(C)C)c(N2C(=O)CS/C2=N\C(=S)NC/C=C\c2cccc(-c3ncn(-c4ccc(OC(F)(F)F)cc4)n3)c2)c1. The van der Waals surface area contributed by atoms with Crippen LogP contribution in [0.2, 0.25) is 0 Å². The number of rotatable bonds is 8. The molecule has 0 unspecified atom stereocenters. The van der Waals surface area contributed by atoms with Crippen LogP contribution >= 0.6 is 24.0 Å². The van der Waals surface area contributed by atoms with E-state index in [1.807, 2.05) is 55.5 Å². The first kappa shape index (κ1) is 31.9. The molecule has 1 N–H and O–H groups in total. The molecule has 8 nitrogen and oxygen atoms in total. The Bertz CT molecular complexity index is 1770. The van der Waals surface area contributed by atoms with Crippen molar-refractivity contribution >= 4 is 51.9 Å². The molecule has 1 aliphatic heterocycles. The summed E-state index contributed by atoms with van der Waals surface area (Å²) in [6, 6.07) is 19.1. The Balaban J connectivity index is 1.21. The number of amidine groups is 1. The number of alkyl halides is 3. The second kappa shape index (κ2) is 13.7. The number of anilines is 1. The average molecular weight is 651 g/mol. The number of halogens is 3. The monoisotopic (exact) mass is 650 g/mol. The Labute approximate surface area is 268 Å². The van der Waals surface area contributed by atoms with Gasteiger partial charge in [-0.2, -0.15) is 4.99 Å². The summed E-state index contributed by atoms with van der Waals surface area (Å²) in [6.45, 7) is 6.61. The summed E-state index contributed by atoms with van der Waals surface area (Å²) in [5, 5.41) is 8.40. The number of nitrogens with zero attached hydrogens (tertiary/aromatic N) is 5. The van der Waals surface area contributed by atoms with Crippen LogP contribution in [-0.2, 0) is 4.79 Å². The quantitative estimate of drug-likeness (QED) is 0.201. The molecule has 3 aromatic carbocycles. The maximum atomic E-state index is 12.8. The van der Waals surface area contributed by atoms with Crippen molar-refractivity contribution in [1.29, 1.82) is 0 Å². The third-order valence-corrected chi connectivity index (χ3v) is 7.82. The molecule has 0 atom stereocenters. The lowest BCUT2D eigenvalue weighted by atomic mass is 9.99. The van der Waals surface area contributed by atoms with Gasteiger partial charge in [-0.25, -0.2) is 9.67 Å². The van der Waals surface area contributed by atoms with E-state index in [1.165, 1.54) is 47.0 Å². The van der Waals surface area contributed by atoms with Crippen LogP contribution in [0.15, 0.2) is 84.1 Å². The van der Waals surface area contributed by atoms with Gasteiger partial charge < -0.3 is 10.1 Å². The van der Waals surface area contributed by atoms with Crippen molar-refractivity contribution in [3.05, 3.63) is 95.8 Å². The highest BCUT2D eigenvalue weighted by Crippen LogP contribution is 2.34. The highest BCUT2D eigenvalue weighted by molar-refractivity contribution is 8.15. The Kier molecular flexibility index (Phi) is 9.68. The lowest BCUT2D eigenvalue weighted by Crippen LogP contribution is -2.32. The van der Waals surface area contributed by atoms with Crippen LogP contribution in [0.1, 0.15) is 36.5 Å². The number of thioether (sulfide) groups is 1. The standard InChI is InChI=1S/C32H29F3N6O2S2/c1-20(2)26-14-9-21(3)16-27(26)41-28(42)18-45-31(41)38-30(44)36-15-5-7-22-6-4-8-23(17-22)29-37-19-40(39-29)24-10-12-25(13-11-24)43-32(33,34)35/h4-14,16-17,19-20H,15,18H2,1-3H3,(H,36,44)/b7-5-,38-31-. The van der Waals surface area contributed by atoms with Gasteiger partial charge in [-0.15, -0.1) is 18.3 Å². The van der Waals surface area contributed by atoms with Crippen molar-refractivity contribution in [2.75, 3.05) is 17.2 Å². The second-order valence-electron chi connectivity index (χ2n) is 10.4. The van der Waals surface area contributed by atoms with Crippen molar-refractivity contribution < 1.29 is 22.7 Å². The van der Waals surface area contributed by atoms with E-state index in [1.54, 1.807) is 4.90 Å². The highest BCUT2D eigenvalue weighted by Gasteiger charge is 2.32. The van der Waals surface area contributed by atoms with Gasteiger partial charge in [-0.3, -0.25) is 9.69 Å². The zero-order valence-electron chi connectivity index (χ0n) is 24.6. The van der Waals surface area contributed by atoms with Crippen molar-refractivity contribution in [1.82, 2.24) is 20.1 Å². The second-order valence-corrected chi connectivity index (χ2v) is 11.7. The molecule has 45 heavy (non-hydrogen) atoms. The predicted octanol–water partition coefficient (Wildman–Crippen LogP) is 7.29. The summed E-state index contributed by atoms with van der Waals surface area (Å²) in [5.41, 5.74) is 5.18. The van der Waals surface area contributed by atoms with Crippen LogP contribution in [0.5, 0.6) is 5.75 Å². The van der Waals surface area contributed by atoms with Gasteiger partial charge in [0.25, 0.3) is 0 Å². The van der Waals surface area contributed by atoms with Crippen LogP contribution in [0.25, 0.3) is 23.2 Å². The fourth-order valence-electron chi connectivity index (χ4n) is 4.59. The molecule has 1 aromatic heterocycles. The van der Waals surface area contributed by atoms with Gasteiger partial charge in [0.1, 0.15) is 12.1 Å². The summed E-state index contributed by atoms with van der Waals surface area (Å²) < 4.78 is 42.7. The van der Waals surface area contributed by atoms with Gasteiger partial charge in [-0.1, -0.05) is 68.1 Å². The van der Waals surface area contributed by atoms with Gasteiger partial charge in [0.2, 0.25) is 5.91 Å². The molecule has 1 amide bonds. The first-order valence-electron chi connectivity index (χ1n) is 13.9. The van der Waals surface area contributed by atoms with Crippen LogP contribution in [0, 0.1) is 6.92 Å². The predicted molar refractivity (Wildman–Crippen MR) is 176 cm³/mol. The molecule has 1 aliphatic rings. The molecule has 2 heterocycles. The number of aryl methyl sites for hydroxylation is 1. The van der Waals surface area contributed by atoms with Crippen LogP contribution in [0.3, 0.4) is 0 Å². The van der Waals surface area contributed by atoms with Gasteiger partial charge in [0.15, 0.2) is 16.1 Å². The Morgan fingerprint density at radius 2 is 1.93 bits per heavy atom. The van der Waals surface area contributed by atoms with Crippen molar-refractivity contribution in [3.8, 4) is 22.8 Å². The van der Waals surface area contributed by atoms with E-state index in [4.69, 9.17) is 12.2 Å². The zero-order valence-corrected chi connectivity index (χ0v) is 26.2. The van der Waals surface area contributed by atoms with E-state index >= 15 is 0 Å². The van der Waals surface area contributed by atoms with E-state index in [9.17, 15) is 18.0 Å². The Morgan fingerprint density at radius 1 is 1.16 bits per heavy atom. The Morgan fingerprint density at radius 3 is 2.67 bits per heavy atom. The molecule has 4 aromatic rings. The Hall–Kier alpha value is -4.49. The van der Waals surface area contributed by atoms with Gasteiger partial charge in [0, 0.05) is 12.1 Å². The molecule has 0 radical (unpaired) electrons. The number of aliphatic imine (C=N–C) groups is 1. The first-order chi connectivity index (χ1) is 21.5. The summed E-state index contributed by atoms with van der Waals surface area (Å²) in [6.07, 6.45) is 0.564. The van der Waals surface area contributed by atoms with Gasteiger partial charge in [-0.05, 0) is 78.1 Å². The molecular formula is C32H29F3N6O2S2. The number of amides is 1. The summed E-state index contributed by atoms with van der Waals surface area (Å²) in [4.78, 5) is 23.4. The normalized spacial score (nSPS) is 14.6. The van der Waals surface area contributed by atoms with E-state index in [-0.39, 0.29) is 22.7 Å². The largest absolute Gasteiger partial charge is 0.573 e. The van der Waals surface area contributed by atoms with Crippen molar-refractivity contribution in [2.24, 2.45) is 4.99 Å². The molecule has 0 saturated carbocycles. The van der Waals surface area contributed by atoms with E-state index in [0.29, 0.717) is 29.0 Å². The van der Waals surface area contributed by atoms with E-state index in [0.717, 1.165) is 27.9 Å². The van der Waals surface area contributed by atoms with E-state index < -0.39 is 6.36 Å². The molecule has 13 heteroatoms. The summed E-state index contributed by atoms with van der Waals surface area (Å²) >= 11 is 6.84. The number of aromatic nitrogens is 3. The minimum absolute atomic E-state index is 0.0263. The molecule has 0 spiro atoms. The number of ether oxygens (including phenoxy) is 1. The lowest BCUT2D eigenvalue weighted by molar-refractivity contribution is -0.274. The maximum Gasteiger partial charge on any atom is 0.573 e. The van der Waals surface area contributed by atoms with Crippen molar-refractivity contribution in [2.45, 2.75) is 33.1 Å². The number of hydrogen-bond acceptors (Lipinski definition) is 6. The van der Waals surface area contributed by atoms with E-state index in [2.05, 4.69) is 45.0 Å². The van der Waals surface area contributed by atoms with Crippen LogP contribution in [0.4, 0.5) is 18.9 Å². The molecular weight excluding hydrogens is 622 g/mol. The van der Waals surface area contributed by atoms with Crippen LogP contribution < -0.4 is 15.0 Å². The smallest absolute Gasteiger partial charge is 0.406 e. The number of carbonyl (C=O) groups is 1. The number of benzene rings is 3. The molecule has 232 valence electrons. The average Bonchev–Trinajstić information content (AvgIpc) is 3.62. The number of carbonyl (C=O) groups excluding carboxylic acids is 1. The lowest BCUT2D eigenvalue weighted by Gasteiger charge is -2.22. The third kappa shape index (κ3) is 8.17. The maximum absolute atomic E-state index is 12.8. The first-order valence-corrected chi connectivity index (χ1v) is 15.3. The zero-order chi connectivity index (χ0) is 32.1. The topological polar surface area (TPSA) is 84.6 Å². The third-order valence-electron chi connectivity index (χ3n) is 6.66. The number of thiocarbonyl (C=S) groups is 1. The minimum Gasteiger partial charge on any atom is -0.406 e. The molecule has 0 bridgehead atoms. The molecule has 1 fully saturated rings. The molecule has 5 rings (SSSR count). The van der Waals surface area contributed by atoms with Crippen molar-refractivity contribution in [3.63, 3.8) is 0 Å². The number of nitrogens with one attached hydrogen (secondary N) is 1. The number of hydrogen-bond donors (Lipinski definition) is 1. The highest BCUT2D eigenvalue weighted by atomic mass is 32.2.